The van der Waals surface area contributed by atoms with Crippen LogP contribution in [0.25, 0.3) is 0 Å². The molecule has 0 saturated carbocycles. The fourth-order valence-electron chi connectivity index (χ4n) is 3.09. The van der Waals surface area contributed by atoms with Crippen molar-refractivity contribution in [1.82, 2.24) is 9.80 Å². The molecular formula is C17H22ClN3O3. The van der Waals surface area contributed by atoms with Crippen LogP contribution in [0.4, 0.5) is 10.5 Å². The highest BCUT2D eigenvalue weighted by Crippen LogP contribution is 2.18. The van der Waals surface area contributed by atoms with Crippen molar-refractivity contribution in [2.45, 2.75) is 25.4 Å². The first-order valence-electron chi connectivity index (χ1n) is 8.35. The van der Waals surface area contributed by atoms with E-state index in [4.69, 9.17) is 16.3 Å². The fourth-order valence-corrected chi connectivity index (χ4v) is 3.28. The van der Waals surface area contributed by atoms with E-state index in [-0.39, 0.29) is 18.0 Å². The third-order valence-corrected chi connectivity index (χ3v) is 4.61. The summed E-state index contributed by atoms with van der Waals surface area (Å²) in [5.41, 5.74) is 0.670. The molecule has 6 nitrogen and oxygen atoms in total. The maximum Gasteiger partial charge on any atom is 0.321 e. The highest BCUT2D eigenvalue weighted by atomic mass is 35.5. The Balaban J connectivity index is 1.54. The highest BCUT2D eigenvalue weighted by molar-refractivity contribution is 6.30. The Labute approximate surface area is 146 Å². The Morgan fingerprint density at radius 1 is 1.12 bits per heavy atom. The van der Waals surface area contributed by atoms with Crippen LogP contribution < -0.4 is 5.32 Å². The number of hydrogen-bond acceptors (Lipinski definition) is 3. The van der Waals surface area contributed by atoms with Gasteiger partial charge in [0.2, 0.25) is 0 Å². The number of halogens is 1. The number of benzene rings is 1. The summed E-state index contributed by atoms with van der Waals surface area (Å²) in [4.78, 5) is 28.4. The molecule has 2 fully saturated rings. The van der Waals surface area contributed by atoms with Crippen molar-refractivity contribution in [2.24, 2.45) is 0 Å². The second kappa shape index (κ2) is 7.85. The van der Waals surface area contributed by atoms with Gasteiger partial charge >= 0.3 is 6.03 Å². The summed E-state index contributed by atoms with van der Waals surface area (Å²) < 4.78 is 5.48. The number of nitrogens with zero attached hydrogens (tertiary/aromatic N) is 2. The first-order valence-corrected chi connectivity index (χ1v) is 8.73. The van der Waals surface area contributed by atoms with Gasteiger partial charge in [0.1, 0.15) is 6.10 Å². The van der Waals surface area contributed by atoms with Gasteiger partial charge in [0, 0.05) is 43.5 Å². The van der Waals surface area contributed by atoms with Crippen LogP contribution in [0.3, 0.4) is 0 Å². The molecule has 3 amide bonds. The molecular weight excluding hydrogens is 330 g/mol. The Bertz CT molecular complexity index is 604. The van der Waals surface area contributed by atoms with Crippen LogP contribution in [0.15, 0.2) is 24.3 Å². The molecule has 0 bridgehead atoms. The van der Waals surface area contributed by atoms with Crippen LogP contribution in [0.2, 0.25) is 5.02 Å². The average molecular weight is 352 g/mol. The van der Waals surface area contributed by atoms with Gasteiger partial charge in [0.15, 0.2) is 0 Å². The van der Waals surface area contributed by atoms with Gasteiger partial charge in [-0.15, -0.1) is 0 Å². The Kier molecular flexibility index (Phi) is 5.58. The molecule has 1 atom stereocenters. The minimum atomic E-state index is -0.295. The Morgan fingerprint density at radius 3 is 2.67 bits per heavy atom. The molecule has 0 aromatic heterocycles. The number of nitrogens with one attached hydrogen (secondary N) is 1. The van der Waals surface area contributed by atoms with Gasteiger partial charge in [0.05, 0.1) is 0 Å². The van der Waals surface area contributed by atoms with Gasteiger partial charge in [-0.25, -0.2) is 4.79 Å². The van der Waals surface area contributed by atoms with Crippen LogP contribution in [-0.4, -0.2) is 60.6 Å². The molecule has 0 radical (unpaired) electrons. The van der Waals surface area contributed by atoms with E-state index in [1.54, 1.807) is 29.2 Å². The topological polar surface area (TPSA) is 61.9 Å². The second-order valence-electron chi connectivity index (χ2n) is 6.11. The molecule has 3 rings (SSSR count). The molecule has 2 saturated heterocycles. The smallest absolute Gasteiger partial charge is 0.321 e. The summed E-state index contributed by atoms with van der Waals surface area (Å²) in [5.74, 6) is 0.0598. The van der Waals surface area contributed by atoms with E-state index in [2.05, 4.69) is 5.32 Å². The molecule has 1 aromatic rings. The molecule has 0 spiro atoms. The maximum atomic E-state index is 12.4. The Morgan fingerprint density at radius 2 is 1.92 bits per heavy atom. The molecule has 130 valence electrons. The number of carbonyl (C=O) groups is 2. The lowest BCUT2D eigenvalue weighted by Gasteiger charge is -2.24. The highest BCUT2D eigenvalue weighted by Gasteiger charge is 2.30. The van der Waals surface area contributed by atoms with Gasteiger partial charge in [-0.2, -0.15) is 0 Å². The van der Waals surface area contributed by atoms with Crippen LogP contribution in [-0.2, 0) is 9.53 Å². The maximum absolute atomic E-state index is 12.4. The third kappa shape index (κ3) is 4.19. The quantitative estimate of drug-likeness (QED) is 0.890. The summed E-state index contributed by atoms with van der Waals surface area (Å²) in [6, 6.07) is 6.91. The monoisotopic (exact) mass is 351 g/mol. The SMILES string of the molecule is O=C(Nc1cccc(Cl)c1)N1CCCN(C(=O)C2CCCO2)CC1. The molecule has 2 heterocycles. The number of anilines is 1. The second-order valence-corrected chi connectivity index (χ2v) is 6.54. The van der Waals surface area contributed by atoms with Crippen molar-refractivity contribution in [1.29, 1.82) is 0 Å². The van der Waals surface area contributed by atoms with Crippen molar-refractivity contribution < 1.29 is 14.3 Å². The average Bonchev–Trinajstić information content (AvgIpc) is 2.98. The minimum Gasteiger partial charge on any atom is -0.368 e. The molecule has 2 aliphatic rings. The van der Waals surface area contributed by atoms with E-state index in [0.717, 1.165) is 19.3 Å². The number of hydrogen-bond donors (Lipinski definition) is 1. The van der Waals surface area contributed by atoms with Crippen LogP contribution >= 0.6 is 11.6 Å². The van der Waals surface area contributed by atoms with Crippen molar-refractivity contribution in [2.75, 3.05) is 38.1 Å². The van der Waals surface area contributed by atoms with E-state index in [9.17, 15) is 9.59 Å². The predicted octanol–water partition coefficient (Wildman–Crippen LogP) is 2.59. The summed E-state index contributed by atoms with van der Waals surface area (Å²) in [6.07, 6.45) is 2.21. The van der Waals surface area contributed by atoms with Gasteiger partial charge in [-0.1, -0.05) is 17.7 Å². The van der Waals surface area contributed by atoms with E-state index < -0.39 is 0 Å². The number of ether oxygens (including phenoxy) is 1. The van der Waals surface area contributed by atoms with Gasteiger partial charge in [0.25, 0.3) is 5.91 Å². The molecule has 1 N–H and O–H groups in total. The third-order valence-electron chi connectivity index (χ3n) is 4.38. The zero-order valence-electron chi connectivity index (χ0n) is 13.5. The zero-order chi connectivity index (χ0) is 16.9. The largest absolute Gasteiger partial charge is 0.368 e. The van der Waals surface area contributed by atoms with Crippen molar-refractivity contribution in [3.63, 3.8) is 0 Å². The van der Waals surface area contributed by atoms with E-state index in [0.29, 0.717) is 43.5 Å². The lowest BCUT2D eigenvalue weighted by Crippen LogP contribution is -2.42. The number of amides is 3. The molecule has 1 unspecified atom stereocenters. The first kappa shape index (κ1) is 17.0. The zero-order valence-corrected chi connectivity index (χ0v) is 14.3. The summed E-state index contributed by atoms with van der Waals surface area (Å²) in [6.45, 7) is 3.02. The van der Waals surface area contributed by atoms with Crippen LogP contribution in [0.1, 0.15) is 19.3 Å². The van der Waals surface area contributed by atoms with Crippen molar-refractivity contribution in [3.05, 3.63) is 29.3 Å². The lowest BCUT2D eigenvalue weighted by molar-refractivity contribution is -0.140. The predicted molar refractivity (Wildman–Crippen MR) is 92.2 cm³/mol. The summed E-state index contributed by atoms with van der Waals surface area (Å²) in [5, 5.41) is 3.43. The van der Waals surface area contributed by atoms with Crippen LogP contribution in [0, 0.1) is 0 Å². The van der Waals surface area contributed by atoms with Gasteiger partial charge in [-0.05, 0) is 37.5 Å². The summed E-state index contributed by atoms with van der Waals surface area (Å²) in [7, 11) is 0. The first-order chi connectivity index (χ1) is 11.6. The Hall–Kier alpha value is -1.79. The normalized spacial score (nSPS) is 21.5. The molecule has 24 heavy (non-hydrogen) atoms. The van der Waals surface area contributed by atoms with Gasteiger partial charge in [-0.3, -0.25) is 4.79 Å². The van der Waals surface area contributed by atoms with Crippen LogP contribution in [0.5, 0.6) is 0 Å². The molecule has 2 aliphatic heterocycles. The lowest BCUT2D eigenvalue weighted by atomic mass is 10.2. The molecule has 7 heteroatoms. The van der Waals surface area contributed by atoms with Crippen molar-refractivity contribution >= 4 is 29.2 Å². The standard InChI is InChI=1S/C17H22ClN3O3/c18-13-4-1-5-14(12-13)19-17(23)21-8-3-7-20(9-10-21)16(22)15-6-2-11-24-15/h1,4-5,12,15H,2-3,6-11H2,(H,19,23). The van der Waals surface area contributed by atoms with Crippen molar-refractivity contribution in [3.8, 4) is 0 Å². The fraction of sp³-hybridized carbons (Fsp3) is 0.529. The van der Waals surface area contributed by atoms with E-state index in [1.165, 1.54) is 0 Å². The minimum absolute atomic E-state index is 0.0598. The summed E-state index contributed by atoms with van der Waals surface area (Å²) >= 11 is 5.94. The molecule has 0 aliphatic carbocycles. The van der Waals surface area contributed by atoms with Gasteiger partial charge < -0.3 is 19.9 Å². The van der Waals surface area contributed by atoms with E-state index >= 15 is 0 Å². The number of rotatable bonds is 2. The molecule has 1 aromatic carbocycles. The number of urea groups is 1. The number of carbonyl (C=O) groups excluding carboxylic acids is 2. The van der Waals surface area contributed by atoms with E-state index in [1.807, 2.05) is 4.90 Å².